The minimum atomic E-state index is 0.665. The van der Waals surface area contributed by atoms with Gasteiger partial charge in [0.25, 0.3) is 0 Å². The molecule has 0 bridgehead atoms. The fourth-order valence-electron chi connectivity index (χ4n) is 3.16. The van der Waals surface area contributed by atoms with Gasteiger partial charge in [-0.3, -0.25) is 0 Å². The van der Waals surface area contributed by atoms with Gasteiger partial charge in [-0.05, 0) is 53.5 Å². The molecule has 2 nitrogen and oxygen atoms in total. The molecule has 0 unspecified atom stereocenters. The Morgan fingerprint density at radius 1 is 1.19 bits per heavy atom. The van der Waals surface area contributed by atoms with Gasteiger partial charge in [-0.15, -0.1) is 0 Å². The zero-order valence-corrected chi connectivity index (χ0v) is 12.4. The molecule has 0 spiro atoms. The van der Waals surface area contributed by atoms with Crippen LogP contribution >= 0.6 is 11.6 Å². The highest BCUT2D eigenvalue weighted by Gasteiger charge is 2.24. The molecule has 21 heavy (non-hydrogen) atoms. The highest BCUT2D eigenvalue weighted by Crippen LogP contribution is 2.34. The third-order valence-electron chi connectivity index (χ3n) is 4.26. The predicted molar refractivity (Wildman–Crippen MR) is 86.0 cm³/mol. The Bertz CT molecular complexity index is 712. The van der Waals surface area contributed by atoms with E-state index in [1.165, 1.54) is 28.0 Å². The van der Waals surface area contributed by atoms with Crippen molar-refractivity contribution in [3.05, 3.63) is 76.1 Å². The standard InChI is InChI=1S/C18H16ClNO/c19-16-3-1-14-5-8-20-12-15(13-6-9-21-10-7-13)2-4-18(20)17(14)11-16/h1-4,6-7,9,11H,5,8,10,12H2. The summed E-state index contributed by atoms with van der Waals surface area (Å²) in [6.45, 7) is 2.68. The van der Waals surface area contributed by atoms with Gasteiger partial charge in [-0.2, -0.15) is 0 Å². The van der Waals surface area contributed by atoms with Crippen LogP contribution < -0.4 is 0 Å². The van der Waals surface area contributed by atoms with Crippen LogP contribution in [0.2, 0.25) is 5.02 Å². The molecule has 1 aromatic carbocycles. The molecule has 0 saturated heterocycles. The summed E-state index contributed by atoms with van der Waals surface area (Å²) in [5.41, 5.74) is 6.58. The van der Waals surface area contributed by atoms with Crippen LogP contribution in [0.25, 0.3) is 5.70 Å². The molecular weight excluding hydrogens is 282 g/mol. The van der Waals surface area contributed by atoms with Crippen molar-refractivity contribution in [2.24, 2.45) is 0 Å². The van der Waals surface area contributed by atoms with Crippen molar-refractivity contribution in [3.8, 4) is 0 Å². The number of benzene rings is 1. The lowest BCUT2D eigenvalue weighted by atomic mass is 9.92. The second-order valence-corrected chi connectivity index (χ2v) is 5.95. The third kappa shape index (κ3) is 2.30. The van der Waals surface area contributed by atoms with Gasteiger partial charge in [0.15, 0.2) is 0 Å². The van der Waals surface area contributed by atoms with Gasteiger partial charge >= 0.3 is 0 Å². The molecule has 0 N–H and O–H groups in total. The van der Waals surface area contributed by atoms with Crippen molar-refractivity contribution in [2.75, 3.05) is 19.7 Å². The molecule has 0 radical (unpaired) electrons. The molecular formula is C18H16ClNO. The van der Waals surface area contributed by atoms with E-state index in [1.807, 2.05) is 12.1 Å². The summed E-state index contributed by atoms with van der Waals surface area (Å²) >= 11 is 6.16. The SMILES string of the molecule is Clc1ccc2c(c1)C1=CC=C(C3=CCOC=C3)CN1CC2. The molecule has 106 valence electrons. The fourth-order valence-corrected chi connectivity index (χ4v) is 3.33. The van der Waals surface area contributed by atoms with Gasteiger partial charge in [0.05, 0.1) is 6.26 Å². The maximum absolute atomic E-state index is 6.16. The van der Waals surface area contributed by atoms with Crippen LogP contribution in [0.3, 0.4) is 0 Å². The molecule has 0 amide bonds. The van der Waals surface area contributed by atoms with Gasteiger partial charge in [0.2, 0.25) is 0 Å². The van der Waals surface area contributed by atoms with E-state index in [2.05, 4.69) is 35.3 Å². The third-order valence-corrected chi connectivity index (χ3v) is 4.49. The van der Waals surface area contributed by atoms with Gasteiger partial charge < -0.3 is 9.64 Å². The summed E-state index contributed by atoms with van der Waals surface area (Å²) in [6, 6.07) is 6.22. The van der Waals surface area contributed by atoms with Crippen molar-refractivity contribution in [1.29, 1.82) is 0 Å². The number of rotatable bonds is 1. The summed E-state index contributed by atoms with van der Waals surface area (Å²) < 4.78 is 5.23. The summed E-state index contributed by atoms with van der Waals surface area (Å²) in [4.78, 5) is 2.44. The molecule has 0 saturated carbocycles. The van der Waals surface area contributed by atoms with Gasteiger partial charge in [0.1, 0.15) is 6.61 Å². The Hall–Kier alpha value is -1.93. The normalized spacial score (nSPS) is 19.9. The number of allylic oxidation sites excluding steroid dienone is 3. The average molecular weight is 298 g/mol. The summed E-state index contributed by atoms with van der Waals surface area (Å²) in [5, 5.41) is 0.807. The first-order valence-electron chi connectivity index (χ1n) is 7.24. The van der Waals surface area contributed by atoms with E-state index in [0.29, 0.717) is 6.61 Å². The van der Waals surface area contributed by atoms with Crippen LogP contribution in [0.5, 0.6) is 0 Å². The highest BCUT2D eigenvalue weighted by molar-refractivity contribution is 6.30. The zero-order chi connectivity index (χ0) is 14.2. The second kappa shape index (κ2) is 5.12. The molecule has 0 aliphatic carbocycles. The Kier molecular flexibility index (Phi) is 3.12. The average Bonchev–Trinajstić information content (AvgIpc) is 2.55. The number of hydrogen-bond donors (Lipinski definition) is 0. The Balaban J connectivity index is 1.73. The van der Waals surface area contributed by atoms with E-state index in [1.54, 1.807) is 6.26 Å². The molecule has 0 aromatic heterocycles. The lowest BCUT2D eigenvalue weighted by molar-refractivity contribution is 0.284. The van der Waals surface area contributed by atoms with Crippen molar-refractivity contribution in [2.45, 2.75) is 6.42 Å². The van der Waals surface area contributed by atoms with Crippen LogP contribution in [0.4, 0.5) is 0 Å². The monoisotopic (exact) mass is 297 g/mol. The number of hydrogen-bond acceptors (Lipinski definition) is 2. The number of nitrogens with zero attached hydrogens (tertiary/aromatic N) is 1. The first kappa shape index (κ1) is 12.8. The van der Waals surface area contributed by atoms with Crippen molar-refractivity contribution in [1.82, 2.24) is 4.90 Å². The lowest BCUT2D eigenvalue weighted by Crippen LogP contribution is -2.33. The van der Waals surface area contributed by atoms with Crippen LogP contribution in [-0.2, 0) is 11.2 Å². The predicted octanol–water partition coefficient (Wildman–Crippen LogP) is 3.95. The number of halogens is 1. The molecule has 4 rings (SSSR count). The largest absolute Gasteiger partial charge is 0.497 e. The topological polar surface area (TPSA) is 12.5 Å². The van der Waals surface area contributed by atoms with Crippen LogP contribution in [-0.4, -0.2) is 24.6 Å². The number of ether oxygens (including phenoxy) is 1. The molecule has 0 atom stereocenters. The van der Waals surface area contributed by atoms with E-state index in [9.17, 15) is 0 Å². The maximum Gasteiger partial charge on any atom is 0.106 e. The highest BCUT2D eigenvalue weighted by atomic mass is 35.5. The maximum atomic E-state index is 6.16. The van der Waals surface area contributed by atoms with Gasteiger partial charge in [0, 0.05) is 29.4 Å². The van der Waals surface area contributed by atoms with E-state index in [4.69, 9.17) is 16.3 Å². The van der Waals surface area contributed by atoms with E-state index < -0.39 is 0 Å². The molecule has 3 aliphatic rings. The molecule has 1 aromatic rings. The second-order valence-electron chi connectivity index (χ2n) is 5.51. The van der Waals surface area contributed by atoms with E-state index in [0.717, 1.165) is 24.5 Å². The van der Waals surface area contributed by atoms with Crippen molar-refractivity contribution in [3.63, 3.8) is 0 Å². The fraction of sp³-hybridized carbons (Fsp3) is 0.222. The molecule has 0 fully saturated rings. The summed E-state index contributed by atoms with van der Waals surface area (Å²) in [5.74, 6) is 0. The quantitative estimate of drug-likeness (QED) is 0.778. The van der Waals surface area contributed by atoms with Crippen molar-refractivity contribution >= 4 is 17.3 Å². The summed E-state index contributed by atoms with van der Waals surface area (Å²) in [7, 11) is 0. The lowest BCUT2D eigenvalue weighted by Gasteiger charge is -2.36. The Labute approximate surface area is 129 Å². The molecule has 3 heteroatoms. The van der Waals surface area contributed by atoms with Gasteiger partial charge in [-0.25, -0.2) is 0 Å². The van der Waals surface area contributed by atoms with E-state index >= 15 is 0 Å². The minimum absolute atomic E-state index is 0.665. The first-order valence-corrected chi connectivity index (χ1v) is 7.62. The van der Waals surface area contributed by atoms with Crippen LogP contribution in [0.15, 0.2) is 59.9 Å². The minimum Gasteiger partial charge on any atom is -0.497 e. The zero-order valence-electron chi connectivity index (χ0n) is 11.7. The van der Waals surface area contributed by atoms with Gasteiger partial charge in [-0.1, -0.05) is 23.7 Å². The Morgan fingerprint density at radius 3 is 3.00 bits per heavy atom. The molecule has 3 heterocycles. The summed E-state index contributed by atoms with van der Waals surface area (Å²) in [6.07, 6.45) is 11.5. The smallest absolute Gasteiger partial charge is 0.106 e. The van der Waals surface area contributed by atoms with Crippen molar-refractivity contribution < 1.29 is 4.74 Å². The number of fused-ring (bicyclic) bond motifs is 3. The van der Waals surface area contributed by atoms with Crippen LogP contribution in [0.1, 0.15) is 11.1 Å². The van der Waals surface area contributed by atoms with E-state index in [-0.39, 0.29) is 0 Å². The van der Waals surface area contributed by atoms with Crippen LogP contribution in [0, 0.1) is 0 Å². The molecule has 3 aliphatic heterocycles. The first-order chi connectivity index (χ1) is 10.3. The Morgan fingerprint density at radius 2 is 2.14 bits per heavy atom.